The Hall–Kier alpha value is -1.46. The number of aliphatic hydroxyl groups excluding tert-OH is 1. The van der Waals surface area contributed by atoms with E-state index in [1.54, 1.807) is 0 Å². The molecule has 1 atom stereocenters. The fourth-order valence-corrected chi connectivity index (χ4v) is 1.94. The SMILES string of the molecule is C#CCN(CCC)c1ccccc1[C@H](O)CC. The number of para-hydroxylation sites is 1. The van der Waals surface area contributed by atoms with Gasteiger partial charge in [0, 0.05) is 17.8 Å². The van der Waals surface area contributed by atoms with Crippen LogP contribution in [0.3, 0.4) is 0 Å². The van der Waals surface area contributed by atoms with E-state index in [2.05, 4.69) is 17.7 Å². The first-order chi connectivity index (χ1) is 8.24. The van der Waals surface area contributed by atoms with Gasteiger partial charge in [-0.3, -0.25) is 0 Å². The Morgan fingerprint density at radius 2 is 2.06 bits per heavy atom. The van der Waals surface area contributed by atoms with Crippen LogP contribution >= 0.6 is 0 Å². The third kappa shape index (κ3) is 3.51. The molecule has 0 heterocycles. The van der Waals surface area contributed by atoms with Crippen molar-refractivity contribution in [1.82, 2.24) is 0 Å². The van der Waals surface area contributed by atoms with Crippen LogP contribution in [0.1, 0.15) is 38.4 Å². The summed E-state index contributed by atoms with van der Waals surface area (Å²) in [5.41, 5.74) is 2.03. The second-order valence-corrected chi connectivity index (χ2v) is 4.11. The maximum Gasteiger partial charge on any atom is 0.0807 e. The van der Waals surface area contributed by atoms with Gasteiger partial charge in [-0.2, -0.15) is 0 Å². The van der Waals surface area contributed by atoms with Crippen LogP contribution in [0.2, 0.25) is 0 Å². The number of aliphatic hydroxyl groups is 1. The zero-order chi connectivity index (χ0) is 12.7. The van der Waals surface area contributed by atoms with Gasteiger partial charge < -0.3 is 10.0 Å². The van der Waals surface area contributed by atoms with E-state index in [9.17, 15) is 5.11 Å². The fourth-order valence-electron chi connectivity index (χ4n) is 1.94. The van der Waals surface area contributed by atoms with Gasteiger partial charge in [-0.1, -0.05) is 38.0 Å². The molecule has 1 aromatic carbocycles. The molecule has 0 aliphatic carbocycles. The molecule has 0 radical (unpaired) electrons. The number of hydrogen-bond donors (Lipinski definition) is 1. The molecule has 17 heavy (non-hydrogen) atoms. The van der Waals surface area contributed by atoms with Crippen molar-refractivity contribution in [1.29, 1.82) is 0 Å². The van der Waals surface area contributed by atoms with Crippen LogP contribution in [-0.2, 0) is 0 Å². The average Bonchev–Trinajstić information content (AvgIpc) is 2.37. The van der Waals surface area contributed by atoms with Crippen molar-refractivity contribution in [2.45, 2.75) is 32.8 Å². The van der Waals surface area contributed by atoms with E-state index in [4.69, 9.17) is 6.42 Å². The summed E-state index contributed by atoms with van der Waals surface area (Å²) >= 11 is 0. The van der Waals surface area contributed by atoms with Gasteiger partial charge in [-0.25, -0.2) is 0 Å². The van der Waals surface area contributed by atoms with Crippen LogP contribution in [0.4, 0.5) is 5.69 Å². The van der Waals surface area contributed by atoms with Gasteiger partial charge in [0.05, 0.1) is 12.6 Å². The topological polar surface area (TPSA) is 23.5 Å². The van der Waals surface area contributed by atoms with E-state index < -0.39 is 6.10 Å². The molecular weight excluding hydrogens is 210 g/mol. The van der Waals surface area contributed by atoms with E-state index in [1.807, 2.05) is 31.2 Å². The highest BCUT2D eigenvalue weighted by atomic mass is 16.3. The molecule has 1 N–H and O–H groups in total. The highest BCUT2D eigenvalue weighted by Gasteiger charge is 2.14. The quantitative estimate of drug-likeness (QED) is 0.761. The molecule has 0 spiro atoms. The molecular formula is C15H21NO. The lowest BCUT2D eigenvalue weighted by Crippen LogP contribution is -2.25. The van der Waals surface area contributed by atoms with Crippen molar-refractivity contribution in [2.24, 2.45) is 0 Å². The molecule has 2 heteroatoms. The summed E-state index contributed by atoms with van der Waals surface area (Å²) in [5.74, 6) is 2.68. The van der Waals surface area contributed by atoms with Crippen molar-refractivity contribution in [2.75, 3.05) is 18.0 Å². The van der Waals surface area contributed by atoms with E-state index in [0.29, 0.717) is 13.0 Å². The Morgan fingerprint density at radius 1 is 1.35 bits per heavy atom. The molecule has 0 unspecified atom stereocenters. The molecule has 0 amide bonds. The van der Waals surface area contributed by atoms with Crippen LogP contribution in [0.5, 0.6) is 0 Å². The molecule has 0 aliphatic heterocycles. The lowest BCUT2D eigenvalue weighted by Gasteiger charge is -2.26. The lowest BCUT2D eigenvalue weighted by atomic mass is 10.0. The zero-order valence-corrected chi connectivity index (χ0v) is 10.7. The van der Waals surface area contributed by atoms with Crippen molar-refractivity contribution >= 4 is 5.69 Å². The van der Waals surface area contributed by atoms with Gasteiger partial charge >= 0.3 is 0 Å². The maximum atomic E-state index is 10.0. The van der Waals surface area contributed by atoms with Crippen molar-refractivity contribution in [3.05, 3.63) is 29.8 Å². The number of hydrogen-bond acceptors (Lipinski definition) is 2. The molecule has 0 aliphatic rings. The van der Waals surface area contributed by atoms with E-state index in [0.717, 1.165) is 24.2 Å². The molecule has 0 aromatic heterocycles. The number of nitrogens with zero attached hydrogens (tertiary/aromatic N) is 1. The van der Waals surface area contributed by atoms with Crippen molar-refractivity contribution < 1.29 is 5.11 Å². The van der Waals surface area contributed by atoms with Crippen molar-refractivity contribution in [3.63, 3.8) is 0 Å². The first-order valence-electron chi connectivity index (χ1n) is 6.19. The second-order valence-electron chi connectivity index (χ2n) is 4.11. The summed E-state index contributed by atoms with van der Waals surface area (Å²) in [6.45, 7) is 5.61. The van der Waals surface area contributed by atoms with E-state index in [-0.39, 0.29) is 0 Å². The summed E-state index contributed by atoms with van der Waals surface area (Å²) in [6, 6.07) is 7.95. The third-order valence-corrected chi connectivity index (χ3v) is 2.80. The largest absolute Gasteiger partial charge is 0.388 e. The Morgan fingerprint density at radius 3 is 2.65 bits per heavy atom. The Labute approximate surface area is 104 Å². The van der Waals surface area contributed by atoms with Gasteiger partial charge in [-0.15, -0.1) is 6.42 Å². The molecule has 0 saturated carbocycles. The Bertz CT molecular complexity index is 381. The predicted molar refractivity (Wildman–Crippen MR) is 73.0 cm³/mol. The molecule has 0 fully saturated rings. The van der Waals surface area contributed by atoms with Gasteiger partial charge in [-0.05, 0) is 18.9 Å². The lowest BCUT2D eigenvalue weighted by molar-refractivity contribution is 0.174. The monoisotopic (exact) mass is 231 g/mol. The predicted octanol–water partition coefficient (Wildman–Crippen LogP) is 2.98. The molecule has 2 nitrogen and oxygen atoms in total. The highest BCUT2D eigenvalue weighted by molar-refractivity contribution is 5.55. The van der Waals surface area contributed by atoms with Gasteiger partial charge in [0.1, 0.15) is 0 Å². The fraction of sp³-hybridized carbons (Fsp3) is 0.467. The van der Waals surface area contributed by atoms with Crippen LogP contribution in [0.25, 0.3) is 0 Å². The summed E-state index contributed by atoms with van der Waals surface area (Å²) in [4.78, 5) is 2.15. The minimum Gasteiger partial charge on any atom is -0.388 e. The van der Waals surface area contributed by atoms with Crippen molar-refractivity contribution in [3.8, 4) is 12.3 Å². The van der Waals surface area contributed by atoms with Crippen LogP contribution in [-0.4, -0.2) is 18.2 Å². The normalized spacial score (nSPS) is 11.9. The number of terminal acetylenes is 1. The molecule has 1 rings (SSSR count). The first-order valence-corrected chi connectivity index (χ1v) is 6.19. The van der Waals surface area contributed by atoms with E-state index in [1.165, 1.54) is 0 Å². The summed E-state index contributed by atoms with van der Waals surface area (Å²) < 4.78 is 0. The second kappa shape index (κ2) is 6.98. The molecule has 92 valence electrons. The van der Waals surface area contributed by atoms with Crippen LogP contribution < -0.4 is 4.90 Å². The van der Waals surface area contributed by atoms with E-state index >= 15 is 0 Å². The Kier molecular flexibility index (Phi) is 5.59. The average molecular weight is 231 g/mol. The molecule has 0 saturated heterocycles. The molecule has 1 aromatic rings. The summed E-state index contributed by atoms with van der Waals surface area (Å²) in [7, 11) is 0. The summed E-state index contributed by atoms with van der Waals surface area (Å²) in [6.07, 6.45) is 6.74. The minimum absolute atomic E-state index is 0.414. The maximum absolute atomic E-state index is 10.0. The van der Waals surface area contributed by atoms with Crippen LogP contribution in [0, 0.1) is 12.3 Å². The Balaban J connectivity index is 3.05. The molecule has 0 bridgehead atoms. The minimum atomic E-state index is -0.414. The smallest absolute Gasteiger partial charge is 0.0807 e. The first kappa shape index (κ1) is 13.6. The zero-order valence-electron chi connectivity index (χ0n) is 10.7. The third-order valence-electron chi connectivity index (χ3n) is 2.80. The number of anilines is 1. The van der Waals surface area contributed by atoms with Gasteiger partial charge in [0.25, 0.3) is 0 Å². The number of benzene rings is 1. The standard InChI is InChI=1S/C15H21NO/c1-4-11-16(12-5-2)14-10-8-7-9-13(14)15(17)6-3/h1,7-10,15,17H,5-6,11-12H2,2-3H3/t15-/m1/s1. The van der Waals surface area contributed by atoms with Gasteiger partial charge in [0.15, 0.2) is 0 Å². The van der Waals surface area contributed by atoms with Crippen LogP contribution in [0.15, 0.2) is 24.3 Å². The number of rotatable bonds is 6. The highest BCUT2D eigenvalue weighted by Crippen LogP contribution is 2.28. The summed E-state index contributed by atoms with van der Waals surface area (Å²) in [5, 5.41) is 10.0. The van der Waals surface area contributed by atoms with Gasteiger partial charge in [0.2, 0.25) is 0 Å².